The molecule has 2 aromatic rings. The van der Waals surface area contributed by atoms with Gasteiger partial charge < -0.3 is 10.6 Å². The van der Waals surface area contributed by atoms with Crippen LogP contribution in [0.15, 0.2) is 54.4 Å². The van der Waals surface area contributed by atoms with Crippen LogP contribution in [0, 0.1) is 0 Å². The first-order valence-corrected chi connectivity index (χ1v) is 9.05. The van der Waals surface area contributed by atoms with E-state index in [1.807, 2.05) is 35.1 Å². The van der Waals surface area contributed by atoms with Gasteiger partial charge in [-0.2, -0.15) is 5.10 Å². The monoisotopic (exact) mass is 338 g/mol. The van der Waals surface area contributed by atoms with E-state index < -0.39 is 0 Å². The second-order valence-electron chi connectivity index (χ2n) is 6.44. The Bertz CT molecular complexity index is 706. The number of allylic oxidation sites excluding steroid dienone is 1. The minimum absolute atomic E-state index is 0.106. The number of carbonyl (C=O) groups is 1. The van der Waals surface area contributed by atoms with Crippen molar-refractivity contribution in [2.75, 3.05) is 6.54 Å². The van der Waals surface area contributed by atoms with Gasteiger partial charge in [0.15, 0.2) is 0 Å². The fraction of sp³-hybridized carbons (Fsp3) is 0.400. The van der Waals surface area contributed by atoms with Crippen LogP contribution in [-0.2, 0) is 13.1 Å². The molecule has 0 saturated carbocycles. The second-order valence-corrected chi connectivity index (χ2v) is 6.44. The van der Waals surface area contributed by atoms with E-state index in [0.29, 0.717) is 19.6 Å². The topological polar surface area (TPSA) is 59.0 Å². The summed E-state index contributed by atoms with van der Waals surface area (Å²) in [4.78, 5) is 12.0. The van der Waals surface area contributed by atoms with Gasteiger partial charge in [0, 0.05) is 25.5 Å². The number of hydrogen-bond acceptors (Lipinski definition) is 2. The van der Waals surface area contributed by atoms with Gasteiger partial charge in [0.25, 0.3) is 0 Å². The number of carbonyl (C=O) groups excluding carboxylic acids is 1. The number of hydrogen-bond donors (Lipinski definition) is 2. The number of aromatic nitrogens is 2. The van der Waals surface area contributed by atoms with E-state index in [4.69, 9.17) is 0 Å². The van der Waals surface area contributed by atoms with Crippen molar-refractivity contribution in [3.8, 4) is 0 Å². The Hall–Kier alpha value is -2.56. The molecule has 2 amide bonds. The van der Waals surface area contributed by atoms with Gasteiger partial charge in [0.05, 0.1) is 6.54 Å². The average Bonchev–Trinajstić information content (AvgIpc) is 3.15. The average molecular weight is 338 g/mol. The van der Waals surface area contributed by atoms with Crippen LogP contribution in [0.25, 0.3) is 0 Å². The molecular weight excluding hydrogens is 312 g/mol. The third-order valence-electron chi connectivity index (χ3n) is 4.57. The lowest BCUT2D eigenvalue weighted by Gasteiger charge is -2.14. The molecule has 0 atom stereocenters. The third kappa shape index (κ3) is 5.48. The first-order valence-electron chi connectivity index (χ1n) is 9.05. The van der Waals surface area contributed by atoms with Gasteiger partial charge in [-0.1, -0.05) is 35.9 Å². The molecule has 0 bridgehead atoms. The molecule has 3 rings (SSSR count). The summed E-state index contributed by atoms with van der Waals surface area (Å²) in [6.07, 6.45) is 12.0. The molecule has 5 nitrogen and oxygen atoms in total. The molecular formula is C20H26N4O. The molecule has 0 aliphatic heterocycles. The van der Waals surface area contributed by atoms with Crippen LogP contribution in [0.4, 0.5) is 4.79 Å². The summed E-state index contributed by atoms with van der Waals surface area (Å²) in [7, 11) is 0. The zero-order chi connectivity index (χ0) is 17.3. The van der Waals surface area contributed by atoms with Gasteiger partial charge in [0.2, 0.25) is 0 Å². The van der Waals surface area contributed by atoms with Gasteiger partial charge in [-0.25, -0.2) is 4.79 Å². The number of nitrogens with one attached hydrogen (secondary N) is 2. The largest absolute Gasteiger partial charge is 0.338 e. The fourth-order valence-corrected chi connectivity index (χ4v) is 3.16. The first kappa shape index (κ1) is 17.3. The molecule has 2 N–H and O–H groups in total. The van der Waals surface area contributed by atoms with Crippen LogP contribution in [0.1, 0.15) is 43.2 Å². The summed E-state index contributed by atoms with van der Waals surface area (Å²) < 4.78 is 1.89. The van der Waals surface area contributed by atoms with Crippen molar-refractivity contribution in [2.45, 2.75) is 45.2 Å². The van der Waals surface area contributed by atoms with Crippen LogP contribution < -0.4 is 10.6 Å². The SMILES string of the molecule is O=C(NCCC1=CCCCC1)NCc1ccccc1Cn1cccn1. The summed E-state index contributed by atoms with van der Waals surface area (Å²) in [5.41, 5.74) is 3.76. The zero-order valence-corrected chi connectivity index (χ0v) is 14.6. The molecule has 0 fully saturated rings. The normalized spacial score (nSPS) is 14.0. The fourth-order valence-electron chi connectivity index (χ4n) is 3.16. The highest BCUT2D eigenvalue weighted by Crippen LogP contribution is 2.19. The number of benzene rings is 1. The van der Waals surface area contributed by atoms with E-state index >= 15 is 0 Å². The van der Waals surface area contributed by atoms with Gasteiger partial charge in [-0.15, -0.1) is 0 Å². The number of urea groups is 1. The maximum Gasteiger partial charge on any atom is 0.315 e. The van der Waals surface area contributed by atoms with Crippen molar-refractivity contribution in [2.24, 2.45) is 0 Å². The Labute approximate surface area is 149 Å². The number of nitrogens with zero attached hydrogens (tertiary/aromatic N) is 2. The highest BCUT2D eigenvalue weighted by atomic mass is 16.2. The van der Waals surface area contributed by atoms with Crippen molar-refractivity contribution in [3.63, 3.8) is 0 Å². The predicted molar refractivity (Wildman–Crippen MR) is 99.2 cm³/mol. The standard InChI is InChI=1S/C20H26N4O/c25-20(21-13-11-17-7-2-1-3-8-17)22-15-18-9-4-5-10-19(18)16-24-14-6-12-23-24/h4-7,9-10,12,14H,1-3,8,11,13,15-16H2,(H2,21,22,25). The molecule has 132 valence electrons. The predicted octanol–water partition coefficient (Wildman–Crippen LogP) is 3.62. The van der Waals surface area contributed by atoms with Crippen molar-refractivity contribution in [3.05, 3.63) is 65.5 Å². The van der Waals surface area contributed by atoms with E-state index in [-0.39, 0.29) is 6.03 Å². The minimum Gasteiger partial charge on any atom is -0.338 e. The second kappa shape index (κ2) is 9.06. The summed E-state index contributed by atoms with van der Waals surface area (Å²) in [6, 6.07) is 9.94. The molecule has 1 aliphatic rings. The molecule has 1 heterocycles. The first-order chi connectivity index (χ1) is 12.3. The maximum absolute atomic E-state index is 12.0. The lowest BCUT2D eigenvalue weighted by atomic mass is 9.97. The van der Waals surface area contributed by atoms with Gasteiger partial charge in [0.1, 0.15) is 0 Å². The molecule has 0 saturated heterocycles. The van der Waals surface area contributed by atoms with Crippen LogP contribution in [0.2, 0.25) is 0 Å². The molecule has 1 aliphatic carbocycles. The van der Waals surface area contributed by atoms with Crippen molar-refractivity contribution in [1.29, 1.82) is 0 Å². The van der Waals surface area contributed by atoms with E-state index in [2.05, 4.69) is 27.9 Å². The van der Waals surface area contributed by atoms with E-state index in [9.17, 15) is 4.79 Å². The van der Waals surface area contributed by atoms with E-state index in [0.717, 1.165) is 12.0 Å². The van der Waals surface area contributed by atoms with Crippen molar-refractivity contribution >= 4 is 6.03 Å². The third-order valence-corrected chi connectivity index (χ3v) is 4.57. The molecule has 0 spiro atoms. The summed E-state index contributed by atoms with van der Waals surface area (Å²) in [5.74, 6) is 0. The molecule has 5 heteroatoms. The van der Waals surface area contributed by atoms with Gasteiger partial charge >= 0.3 is 6.03 Å². The molecule has 0 radical (unpaired) electrons. The van der Waals surface area contributed by atoms with Crippen LogP contribution in [-0.4, -0.2) is 22.4 Å². The minimum atomic E-state index is -0.106. The quantitative estimate of drug-likeness (QED) is 0.758. The van der Waals surface area contributed by atoms with Gasteiger partial charge in [-0.05, 0) is 49.3 Å². The highest BCUT2D eigenvalue weighted by molar-refractivity contribution is 5.73. The van der Waals surface area contributed by atoms with Crippen molar-refractivity contribution in [1.82, 2.24) is 20.4 Å². The Balaban J connectivity index is 1.44. The Morgan fingerprint density at radius 3 is 2.76 bits per heavy atom. The lowest BCUT2D eigenvalue weighted by Crippen LogP contribution is -2.36. The lowest BCUT2D eigenvalue weighted by molar-refractivity contribution is 0.240. The summed E-state index contributed by atoms with van der Waals surface area (Å²) in [6.45, 7) is 1.93. The molecule has 1 aromatic heterocycles. The van der Waals surface area contributed by atoms with Gasteiger partial charge in [-0.3, -0.25) is 4.68 Å². The highest BCUT2D eigenvalue weighted by Gasteiger charge is 2.07. The van der Waals surface area contributed by atoms with Crippen LogP contribution in [0.3, 0.4) is 0 Å². The zero-order valence-electron chi connectivity index (χ0n) is 14.6. The Morgan fingerprint density at radius 1 is 1.12 bits per heavy atom. The number of amides is 2. The van der Waals surface area contributed by atoms with E-state index in [1.54, 1.807) is 6.20 Å². The van der Waals surface area contributed by atoms with Crippen molar-refractivity contribution < 1.29 is 4.79 Å². The Morgan fingerprint density at radius 2 is 2.00 bits per heavy atom. The smallest absolute Gasteiger partial charge is 0.315 e. The number of rotatable bonds is 7. The molecule has 0 unspecified atom stereocenters. The molecule has 1 aromatic carbocycles. The van der Waals surface area contributed by atoms with E-state index in [1.165, 1.54) is 36.8 Å². The molecule has 25 heavy (non-hydrogen) atoms. The summed E-state index contributed by atoms with van der Waals surface area (Å²) >= 11 is 0. The Kier molecular flexibility index (Phi) is 6.26. The van der Waals surface area contributed by atoms with Crippen LogP contribution in [0.5, 0.6) is 0 Å². The maximum atomic E-state index is 12.0. The van der Waals surface area contributed by atoms with Crippen LogP contribution >= 0.6 is 0 Å². The summed E-state index contributed by atoms with van der Waals surface area (Å²) in [5, 5.41) is 10.2.